The minimum absolute atomic E-state index is 1.20. The largest absolute Gasteiger partial charge is 0.0654 e. The van der Waals surface area contributed by atoms with Crippen molar-refractivity contribution in [1.82, 2.24) is 0 Å². The van der Waals surface area contributed by atoms with Crippen LogP contribution in [0, 0.1) is 6.42 Å². The standard InChI is InChI=1S/C21H25/c1-3-5-9-16-13-14-17(10-6-4-2)21-19-12-8-7-11-18(19)15-20(16)21/h7-8,11-15H,3-6,9-10H2,1-2H3. The number of fused-ring (bicyclic) bond motifs is 3. The average molecular weight is 277 g/mol. The monoisotopic (exact) mass is 277 g/mol. The molecule has 1 aliphatic rings. The summed E-state index contributed by atoms with van der Waals surface area (Å²) in [6.07, 6.45) is 9.91. The lowest BCUT2D eigenvalue weighted by Gasteiger charge is -2.13. The number of hydrogen-bond acceptors (Lipinski definition) is 0. The molecule has 0 atom stereocenters. The van der Waals surface area contributed by atoms with Crippen molar-refractivity contribution in [2.24, 2.45) is 0 Å². The van der Waals surface area contributed by atoms with E-state index in [1.165, 1.54) is 71.9 Å². The smallest absolute Gasteiger partial charge is 0.0214 e. The van der Waals surface area contributed by atoms with Gasteiger partial charge in [-0.3, -0.25) is 0 Å². The van der Waals surface area contributed by atoms with E-state index in [0.29, 0.717) is 0 Å². The van der Waals surface area contributed by atoms with Gasteiger partial charge in [-0.25, -0.2) is 0 Å². The van der Waals surface area contributed by atoms with E-state index in [4.69, 9.17) is 0 Å². The number of aryl methyl sites for hydroxylation is 2. The summed E-state index contributed by atoms with van der Waals surface area (Å²) in [4.78, 5) is 0. The number of benzene rings is 2. The summed E-state index contributed by atoms with van der Waals surface area (Å²) in [5.74, 6) is 0. The lowest BCUT2D eigenvalue weighted by molar-refractivity contribution is 0.785. The number of rotatable bonds is 6. The second-order valence-corrected chi connectivity index (χ2v) is 6.11. The minimum atomic E-state index is 1.20. The summed E-state index contributed by atoms with van der Waals surface area (Å²) < 4.78 is 0. The molecule has 0 saturated carbocycles. The fourth-order valence-corrected chi connectivity index (χ4v) is 3.36. The molecule has 0 fully saturated rings. The first-order valence-electron chi connectivity index (χ1n) is 8.44. The average Bonchev–Trinajstić information content (AvgIpc) is 2.91. The third kappa shape index (κ3) is 2.77. The first-order chi connectivity index (χ1) is 10.3. The van der Waals surface area contributed by atoms with Crippen LogP contribution in [0.25, 0.3) is 11.1 Å². The summed E-state index contributed by atoms with van der Waals surface area (Å²) in [7, 11) is 0. The van der Waals surface area contributed by atoms with Gasteiger partial charge in [-0.15, -0.1) is 0 Å². The second-order valence-electron chi connectivity index (χ2n) is 6.11. The first kappa shape index (κ1) is 14.4. The van der Waals surface area contributed by atoms with Crippen LogP contribution in [0.4, 0.5) is 0 Å². The van der Waals surface area contributed by atoms with Crippen molar-refractivity contribution in [3.63, 3.8) is 0 Å². The Morgan fingerprint density at radius 3 is 2.19 bits per heavy atom. The van der Waals surface area contributed by atoms with Gasteiger partial charge >= 0.3 is 0 Å². The Bertz CT molecular complexity index is 622. The summed E-state index contributed by atoms with van der Waals surface area (Å²) in [6, 6.07) is 13.6. The van der Waals surface area contributed by atoms with E-state index < -0.39 is 0 Å². The third-order valence-electron chi connectivity index (χ3n) is 4.55. The molecule has 0 bridgehead atoms. The van der Waals surface area contributed by atoms with E-state index in [9.17, 15) is 0 Å². The molecule has 0 unspecified atom stereocenters. The zero-order chi connectivity index (χ0) is 14.7. The normalized spacial score (nSPS) is 12.3. The molecule has 0 aliphatic heterocycles. The van der Waals surface area contributed by atoms with Gasteiger partial charge in [-0.2, -0.15) is 0 Å². The maximum absolute atomic E-state index is 2.41. The van der Waals surface area contributed by atoms with Crippen LogP contribution in [0.1, 0.15) is 61.8 Å². The van der Waals surface area contributed by atoms with Gasteiger partial charge in [-0.05, 0) is 59.1 Å². The third-order valence-corrected chi connectivity index (χ3v) is 4.55. The van der Waals surface area contributed by atoms with E-state index in [2.05, 4.69) is 56.7 Å². The highest BCUT2D eigenvalue weighted by Gasteiger charge is 2.23. The summed E-state index contributed by atoms with van der Waals surface area (Å²) in [5.41, 5.74) is 8.92. The quantitative estimate of drug-likeness (QED) is 0.522. The predicted molar refractivity (Wildman–Crippen MR) is 91.6 cm³/mol. The molecule has 2 aromatic carbocycles. The molecule has 0 N–H and O–H groups in total. The molecule has 0 aromatic heterocycles. The summed E-state index contributed by atoms with van der Waals surface area (Å²) in [5, 5.41) is 0. The van der Waals surface area contributed by atoms with Crippen molar-refractivity contribution < 1.29 is 0 Å². The SMILES string of the molecule is CCCCc1ccc(CCCC)c2c1[CH]c1ccccc1-2. The van der Waals surface area contributed by atoms with Crippen LogP contribution in [0.2, 0.25) is 0 Å². The highest BCUT2D eigenvalue weighted by atomic mass is 14.3. The van der Waals surface area contributed by atoms with Gasteiger partial charge in [0.15, 0.2) is 0 Å². The topological polar surface area (TPSA) is 0 Å². The fraction of sp³-hybridized carbons (Fsp3) is 0.381. The van der Waals surface area contributed by atoms with E-state index in [-0.39, 0.29) is 0 Å². The van der Waals surface area contributed by atoms with Crippen molar-refractivity contribution in [1.29, 1.82) is 0 Å². The van der Waals surface area contributed by atoms with Crippen LogP contribution in [-0.2, 0) is 12.8 Å². The molecule has 109 valence electrons. The molecule has 21 heavy (non-hydrogen) atoms. The summed E-state index contributed by atoms with van der Waals surface area (Å²) >= 11 is 0. The number of unbranched alkanes of at least 4 members (excludes halogenated alkanes) is 2. The van der Waals surface area contributed by atoms with Gasteiger partial charge in [0, 0.05) is 6.42 Å². The van der Waals surface area contributed by atoms with Gasteiger partial charge in [-0.1, -0.05) is 63.1 Å². The molecule has 3 rings (SSSR count). The van der Waals surface area contributed by atoms with Gasteiger partial charge in [0.05, 0.1) is 0 Å². The lowest BCUT2D eigenvalue weighted by atomic mass is 9.91. The Hall–Kier alpha value is -1.56. The van der Waals surface area contributed by atoms with Gasteiger partial charge < -0.3 is 0 Å². The van der Waals surface area contributed by atoms with Crippen molar-refractivity contribution in [2.75, 3.05) is 0 Å². The highest BCUT2D eigenvalue weighted by Crippen LogP contribution is 2.42. The van der Waals surface area contributed by atoms with Crippen molar-refractivity contribution in [2.45, 2.75) is 52.4 Å². The van der Waals surface area contributed by atoms with E-state index in [1.807, 2.05) is 0 Å². The van der Waals surface area contributed by atoms with E-state index in [1.54, 1.807) is 0 Å². The second kappa shape index (κ2) is 6.47. The van der Waals surface area contributed by atoms with Crippen LogP contribution in [0.15, 0.2) is 36.4 Å². The molecule has 0 nitrogen and oxygen atoms in total. The van der Waals surface area contributed by atoms with Crippen molar-refractivity contribution in [3.05, 3.63) is 65.1 Å². The van der Waals surface area contributed by atoms with E-state index >= 15 is 0 Å². The Kier molecular flexibility index (Phi) is 4.43. The van der Waals surface area contributed by atoms with Crippen LogP contribution in [-0.4, -0.2) is 0 Å². The van der Waals surface area contributed by atoms with Gasteiger partial charge in [0.1, 0.15) is 0 Å². The summed E-state index contributed by atoms with van der Waals surface area (Å²) in [6.45, 7) is 4.55. The molecule has 1 aliphatic carbocycles. The zero-order valence-electron chi connectivity index (χ0n) is 13.3. The zero-order valence-corrected chi connectivity index (χ0v) is 13.3. The minimum Gasteiger partial charge on any atom is -0.0654 e. The number of hydrogen-bond donors (Lipinski definition) is 0. The molecule has 0 spiro atoms. The highest BCUT2D eigenvalue weighted by molar-refractivity contribution is 5.84. The molecule has 0 heterocycles. The molecule has 0 heteroatoms. The molecule has 0 saturated heterocycles. The Labute approximate surface area is 129 Å². The molecular formula is C21H25. The first-order valence-corrected chi connectivity index (χ1v) is 8.44. The van der Waals surface area contributed by atoms with Gasteiger partial charge in [0.25, 0.3) is 0 Å². The molecule has 1 radical (unpaired) electrons. The Morgan fingerprint density at radius 1 is 0.762 bits per heavy atom. The van der Waals surface area contributed by atoms with Crippen LogP contribution in [0.3, 0.4) is 0 Å². The van der Waals surface area contributed by atoms with Crippen LogP contribution in [0.5, 0.6) is 0 Å². The Morgan fingerprint density at radius 2 is 1.43 bits per heavy atom. The van der Waals surface area contributed by atoms with Gasteiger partial charge in [0.2, 0.25) is 0 Å². The van der Waals surface area contributed by atoms with Crippen molar-refractivity contribution in [3.8, 4) is 11.1 Å². The van der Waals surface area contributed by atoms with Crippen LogP contribution < -0.4 is 0 Å². The maximum atomic E-state index is 2.41. The Balaban J connectivity index is 2.05. The van der Waals surface area contributed by atoms with Crippen LogP contribution >= 0.6 is 0 Å². The maximum Gasteiger partial charge on any atom is 0.0214 e. The fourth-order valence-electron chi connectivity index (χ4n) is 3.36. The molecule has 2 aromatic rings. The van der Waals surface area contributed by atoms with E-state index in [0.717, 1.165) is 0 Å². The lowest BCUT2D eigenvalue weighted by Crippen LogP contribution is -1.97. The molecular weight excluding hydrogens is 252 g/mol. The molecule has 0 amide bonds. The van der Waals surface area contributed by atoms with Crippen molar-refractivity contribution >= 4 is 0 Å². The predicted octanol–water partition coefficient (Wildman–Crippen LogP) is 5.95.